The molecule has 1 amide bonds. The minimum atomic E-state index is -3.51. The van der Waals surface area contributed by atoms with Gasteiger partial charge in [0, 0.05) is 25.0 Å². The van der Waals surface area contributed by atoms with Gasteiger partial charge < -0.3 is 4.90 Å². The van der Waals surface area contributed by atoms with Gasteiger partial charge in [0.15, 0.2) is 0 Å². The summed E-state index contributed by atoms with van der Waals surface area (Å²) in [4.78, 5) is 14.7. The van der Waals surface area contributed by atoms with Crippen LogP contribution in [-0.2, 0) is 27.8 Å². The van der Waals surface area contributed by atoms with Gasteiger partial charge in [-0.25, -0.2) is 13.1 Å². The van der Waals surface area contributed by atoms with Gasteiger partial charge in [-0.1, -0.05) is 19.9 Å². The van der Waals surface area contributed by atoms with Crippen LogP contribution in [-0.4, -0.2) is 31.8 Å². The van der Waals surface area contributed by atoms with Gasteiger partial charge in [0.05, 0.1) is 4.90 Å². The standard InChI is InChI=1S/C18H28N2O3S/c1-5-14(6-2)18(21)20-10-9-15-7-8-17(11-16(15)12-20)24(22,23)19-13(3)4/h7-8,11,13-14,19H,5-6,9-10,12H2,1-4H3. The molecule has 0 saturated heterocycles. The first kappa shape index (κ1) is 18.9. The molecule has 24 heavy (non-hydrogen) atoms. The van der Waals surface area contributed by atoms with Gasteiger partial charge in [-0.05, 0) is 56.4 Å². The van der Waals surface area contributed by atoms with E-state index < -0.39 is 10.0 Å². The number of carbonyl (C=O) groups excluding carboxylic acids is 1. The van der Waals surface area contributed by atoms with Crippen molar-refractivity contribution in [2.75, 3.05) is 6.54 Å². The van der Waals surface area contributed by atoms with Crippen molar-refractivity contribution < 1.29 is 13.2 Å². The Morgan fingerprint density at radius 1 is 1.21 bits per heavy atom. The fourth-order valence-corrected chi connectivity index (χ4v) is 4.46. The van der Waals surface area contributed by atoms with Crippen molar-refractivity contribution in [2.24, 2.45) is 5.92 Å². The SMILES string of the molecule is CCC(CC)C(=O)N1CCc2ccc(S(=O)(=O)NC(C)C)cc2C1. The summed E-state index contributed by atoms with van der Waals surface area (Å²) in [5.41, 5.74) is 2.07. The largest absolute Gasteiger partial charge is 0.338 e. The van der Waals surface area contributed by atoms with E-state index >= 15 is 0 Å². The van der Waals surface area contributed by atoms with Crippen molar-refractivity contribution in [3.05, 3.63) is 29.3 Å². The van der Waals surface area contributed by atoms with E-state index in [1.54, 1.807) is 26.0 Å². The molecule has 0 aliphatic carbocycles. The Kier molecular flexibility index (Phi) is 6.04. The van der Waals surface area contributed by atoms with Crippen LogP contribution in [0.25, 0.3) is 0 Å². The lowest BCUT2D eigenvalue weighted by molar-refractivity contribution is -0.136. The Bertz CT molecular complexity index is 694. The topological polar surface area (TPSA) is 66.5 Å². The fourth-order valence-electron chi connectivity index (χ4n) is 3.16. The molecule has 0 aromatic heterocycles. The van der Waals surface area contributed by atoms with Crippen molar-refractivity contribution in [2.45, 2.75) is 64.4 Å². The normalized spacial score (nSPS) is 15.0. The lowest BCUT2D eigenvalue weighted by Gasteiger charge is -2.31. The summed E-state index contributed by atoms with van der Waals surface area (Å²) in [5, 5.41) is 0. The first-order valence-electron chi connectivity index (χ1n) is 8.71. The Labute approximate surface area is 145 Å². The van der Waals surface area contributed by atoms with Gasteiger partial charge in [0.1, 0.15) is 0 Å². The van der Waals surface area contributed by atoms with Crippen molar-refractivity contribution in [3.63, 3.8) is 0 Å². The van der Waals surface area contributed by atoms with Crippen LogP contribution in [0.1, 0.15) is 51.7 Å². The molecule has 5 nitrogen and oxygen atoms in total. The molecule has 2 rings (SSSR count). The summed E-state index contributed by atoms with van der Waals surface area (Å²) in [6.07, 6.45) is 2.45. The van der Waals surface area contributed by atoms with E-state index in [0.717, 1.165) is 30.4 Å². The van der Waals surface area contributed by atoms with Gasteiger partial charge in [-0.2, -0.15) is 0 Å². The highest BCUT2D eigenvalue weighted by Gasteiger charge is 2.26. The number of sulfonamides is 1. The third-order valence-corrected chi connectivity index (χ3v) is 6.19. The lowest BCUT2D eigenvalue weighted by Crippen LogP contribution is -2.39. The highest BCUT2D eigenvalue weighted by atomic mass is 32.2. The summed E-state index contributed by atoms with van der Waals surface area (Å²) in [5.74, 6) is 0.236. The van der Waals surface area contributed by atoms with Gasteiger partial charge in [0.2, 0.25) is 15.9 Å². The monoisotopic (exact) mass is 352 g/mol. The number of nitrogens with one attached hydrogen (secondary N) is 1. The first-order chi connectivity index (χ1) is 11.3. The smallest absolute Gasteiger partial charge is 0.240 e. The number of nitrogens with zero attached hydrogens (tertiary/aromatic N) is 1. The predicted octanol–water partition coefficient (Wildman–Crippen LogP) is 2.69. The van der Waals surface area contributed by atoms with Crippen molar-refractivity contribution in [1.29, 1.82) is 0 Å². The van der Waals surface area contributed by atoms with Crippen molar-refractivity contribution in [3.8, 4) is 0 Å². The number of fused-ring (bicyclic) bond motifs is 1. The summed E-state index contributed by atoms with van der Waals surface area (Å²) < 4.78 is 27.3. The predicted molar refractivity (Wildman–Crippen MR) is 95.1 cm³/mol. The van der Waals surface area contributed by atoms with Crippen LogP contribution in [0, 0.1) is 5.92 Å². The van der Waals surface area contributed by atoms with E-state index in [9.17, 15) is 13.2 Å². The number of amides is 1. The maximum Gasteiger partial charge on any atom is 0.240 e. The maximum atomic E-state index is 12.6. The molecule has 6 heteroatoms. The van der Waals surface area contributed by atoms with Gasteiger partial charge in [0.25, 0.3) is 0 Å². The highest BCUT2D eigenvalue weighted by Crippen LogP contribution is 2.25. The van der Waals surface area contributed by atoms with Crippen LogP contribution < -0.4 is 4.72 Å². The number of hydrogen-bond donors (Lipinski definition) is 1. The molecule has 0 bridgehead atoms. The summed E-state index contributed by atoms with van der Waals surface area (Å²) in [6.45, 7) is 8.87. The Hall–Kier alpha value is -1.40. The molecule has 1 N–H and O–H groups in total. The molecule has 1 heterocycles. The molecular formula is C18H28N2O3S. The summed E-state index contributed by atoms with van der Waals surface area (Å²) in [7, 11) is -3.51. The van der Waals surface area contributed by atoms with Gasteiger partial charge >= 0.3 is 0 Å². The maximum absolute atomic E-state index is 12.6. The molecule has 0 saturated carbocycles. The van der Waals surface area contributed by atoms with Crippen LogP contribution >= 0.6 is 0 Å². The molecule has 1 aliphatic heterocycles. The Morgan fingerprint density at radius 2 is 1.88 bits per heavy atom. The molecule has 0 atom stereocenters. The molecule has 1 aliphatic rings. The van der Waals surface area contributed by atoms with E-state index in [-0.39, 0.29) is 22.8 Å². The second-order valence-electron chi connectivity index (χ2n) is 6.73. The molecule has 0 radical (unpaired) electrons. The molecule has 1 aromatic rings. The summed E-state index contributed by atoms with van der Waals surface area (Å²) in [6, 6.07) is 5.09. The zero-order valence-electron chi connectivity index (χ0n) is 15.0. The second-order valence-corrected chi connectivity index (χ2v) is 8.44. The minimum absolute atomic E-state index is 0.0565. The van der Waals surface area contributed by atoms with E-state index in [1.165, 1.54) is 0 Å². The molecule has 0 fully saturated rings. The number of benzene rings is 1. The fraction of sp³-hybridized carbons (Fsp3) is 0.611. The van der Waals surface area contributed by atoms with E-state index in [4.69, 9.17) is 0 Å². The third-order valence-electron chi connectivity index (χ3n) is 4.54. The molecule has 0 unspecified atom stereocenters. The zero-order valence-corrected chi connectivity index (χ0v) is 15.8. The molecular weight excluding hydrogens is 324 g/mol. The van der Waals surface area contributed by atoms with Crippen LogP contribution in [0.3, 0.4) is 0 Å². The zero-order chi connectivity index (χ0) is 17.9. The van der Waals surface area contributed by atoms with Crippen LogP contribution in [0.5, 0.6) is 0 Å². The van der Waals surface area contributed by atoms with E-state index in [0.29, 0.717) is 13.1 Å². The van der Waals surface area contributed by atoms with E-state index in [1.807, 2.05) is 24.8 Å². The Balaban J connectivity index is 2.24. The molecule has 0 spiro atoms. The molecule has 1 aromatic carbocycles. The number of carbonyl (C=O) groups is 1. The van der Waals surface area contributed by atoms with Crippen LogP contribution in [0.15, 0.2) is 23.1 Å². The van der Waals surface area contributed by atoms with Gasteiger partial charge in [-0.15, -0.1) is 0 Å². The minimum Gasteiger partial charge on any atom is -0.338 e. The number of rotatable bonds is 6. The van der Waals surface area contributed by atoms with E-state index in [2.05, 4.69) is 4.72 Å². The average molecular weight is 353 g/mol. The highest BCUT2D eigenvalue weighted by molar-refractivity contribution is 7.89. The first-order valence-corrected chi connectivity index (χ1v) is 10.2. The average Bonchev–Trinajstić information content (AvgIpc) is 2.53. The molecule has 134 valence electrons. The lowest BCUT2D eigenvalue weighted by atomic mass is 9.96. The van der Waals surface area contributed by atoms with Crippen LogP contribution in [0.2, 0.25) is 0 Å². The van der Waals surface area contributed by atoms with Crippen LogP contribution in [0.4, 0.5) is 0 Å². The second kappa shape index (κ2) is 7.66. The third kappa shape index (κ3) is 4.16. The van der Waals surface area contributed by atoms with Crippen molar-refractivity contribution >= 4 is 15.9 Å². The Morgan fingerprint density at radius 3 is 2.46 bits per heavy atom. The van der Waals surface area contributed by atoms with Crippen molar-refractivity contribution in [1.82, 2.24) is 9.62 Å². The quantitative estimate of drug-likeness (QED) is 0.856. The van der Waals surface area contributed by atoms with Gasteiger partial charge in [-0.3, -0.25) is 4.79 Å². The summed E-state index contributed by atoms with van der Waals surface area (Å²) >= 11 is 0. The number of hydrogen-bond acceptors (Lipinski definition) is 3.